The zero-order chi connectivity index (χ0) is 26.0. The van der Waals surface area contributed by atoms with E-state index in [4.69, 9.17) is 15.2 Å². The lowest BCUT2D eigenvalue weighted by Crippen LogP contribution is -2.44. The summed E-state index contributed by atoms with van der Waals surface area (Å²) in [7, 11) is 1.58. The second-order valence-electron chi connectivity index (χ2n) is 11.0. The summed E-state index contributed by atoms with van der Waals surface area (Å²) in [6.45, 7) is 9.84. The van der Waals surface area contributed by atoms with Crippen LogP contribution < -0.4 is 5.73 Å². The van der Waals surface area contributed by atoms with E-state index in [0.29, 0.717) is 30.0 Å². The number of primary amides is 1. The second-order valence-corrected chi connectivity index (χ2v) is 11.0. The molecule has 1 aromatic carbocycles. The van der Waals surface area contributed by atoms with Crippen LogP contribution in [0.25, 0.3) is 0 Å². The highest BCUT2D eigenvalue weighted by Crippen LogP contribution is 2.37. The van der Waals surface area contributed by atoms with Crippen LogP contribution in [-0.2, 0) is 19.1 Å². The van der Waals surface area contributed by atoms with Gasteiger partial charge in [0.1, 0.15) is 24.9 Å². The molecule has 0 aliphatic carbocycles. The Kier molecular flexibility index (Phi) is 8.48. The first-order valence-corrected chi connectivity index (χ1v) is 13.4. The van der Waals surface area contributed by atoms with Gasteiger partial charge in [-0.05, 0) is 74.3 Å². The zero-order valence-corrected chi connectivity index (χ0v) is 22.1. The number of piperidine rings is 1. The fourth-order valence-corrected chi connectivity index (χ4v) is 6.23. The van der Waals surface area contributed by atoms with Gasteiger partial charge in [0.15, 0.2) is 5.78 Å². The number of ketones is 1. The summed E-state index contributed by atoms with van der Waals surface area (Å²) < 4.78 is 11.2. The van der Waals surface area contributed by atoms with Crippen LogP contribution in [0.1, 0.15) is 79.8 Å². The molecule has 0 bridgehead atoms. The van der Waals surface area contributed by atoms with Crippen molar-refractivity contribution in [1.29, 1.82) is 0 Å². The maximum atomic E-state index is 14.1. The maximum Gasteiger partial charge on any atom is 0.249 e. The van der Waals surface area contributed by atoms with Gasteiger partial charge in [0.05, 0.1) is 12.5 Å². The van der Waals surface area contributed by atoms with Crippen molar-refractivity contribution in [3.63, 3.8) is 0 Å². The Hall–Kier alpha value is -2.29. The van der Waals surface area contributed by atoms with E-state index >= 15 is 0 Å². The monoisotopic (exact) mass is 499 g/mol. The van der Waals surface area contributed by atoms with Crippen LogP contribution in [0.2, 0.25) is 0 Å². The summed E-state index contributed by atoms with van der Waals surface area (Å²) in [5.74, 6) is -0.781. The Morgan fingerprint density at radius 3 is 2.56 bits per heavy atom. The Bertz CT molecular complexity index is 972. The van der Waals surface area contributed by atoms with E-state index < -0.39 is 24.0 Å². The minimum Gasteiger partial charge on any atom is -0.377 e. The standard InChI is InChI=1S/C28H41N3O5/c1-5-10-30-11-8-18(9-12-30)19-6-7-20(27(29)33)21(14-19)22(13-17(2)3)28(34)31-15-24(35-4)26-25(31)23(32)16-36-26/h6-7,14,17-18,22,24-26H,5,8-13,15-16H2,1-4H3,(H2,29,33)/t22-,24-,25+,26+/m0/s1. The van der Waals surface area contributed by atoms with Crippen LogP contribution in [0.4, 0.5) is 0 Å². The van der Waals surface area contributed by atoms with Crippen LogP contribution in [0, 0.1) is 5.92 Å². The second kappa shape index (κ2) is 11.4. The molecule has 3 heterocycles. The number of hydrogen-bond donors (Lipinski definition) is 1. The fourth-order valence-electron chi connectivity index (χ4n) is 6.23. The molecule has 8 nitrogen and oxygen atoms in total. The number of Topliss-reactive ketones (excluding diaryl/α,β-unsaturated/α-hetero) is 1. The Morgan fingerprint density at radius 1 is 1.22 bits per heavy atom. The fraction of sp³-hybridized carbons (Fsp3) is 0.679. The molecule has 0 aromatic heterocycles. The number of benzene rings is 1. The smallest absolute Gasteiger partial charge is 0.249 e. The van der Waals surface area contributed by atoms with Crippen LogP contribution in [-0.4, -0.2) is 85.5 Å². The van der Waals surface area contributed by atoms with Crippen molar-refractivity contribution in [3.8, 4) is 0 Å². The molecule has 2 amide bonds. The summed E-state index contributed by atoms with van der Waals surface area (Å²) in [4.78, 5) is 43.4. The van der Waals surface area contributed by atoms with E-state index in [1.807, 2.05) is 12.1 Å². The molecule has 0 saturated carbocycles. The zero-order valence-electron chi connectivity index (χ0n) is 22.1. The predicted octanol–water partition coefficient (Wildman–Crippen LogP) is 2.70. The summed E-state index contributed by atoms with van der Waals surface area (Å²) in [5, 5.41) is 0. The first-order valence-electron chi connectivity index (χ1n) is 13.4. The number of fused-ring (bicyclic) bond motifs is 1. The lowest BCUT2D eigenvalue weighted by molar-refractivity contribution is -0.138. The Balaban J connectivity index is 1.67. The van der Waals surface area contributed by atoms with Crippen molar-refractivity contribution in [2.75, 3.05) is 39.9 Å². The largest absolute Gasteiger partial charge is 0.377 e. The summed E-state index contributed by atoms with van der Waals surface area (Å²) in [6.07, 6.45) is 3.02. The summed E-state index contributed by atoms with van der Waals surface area (Å²) in [6, 6.07) is 5.20. The van der Waals surface area contributed by atoms with Crippen molar-refractivity contribution in [3.05, 3.63) is 34.9 Å². The molecule has 198 valence electrons. The van der Waals surface area contributed by atoms with Gasteiger partial charge in [-0.15, -0.1) is 0 Å². The van der Waals surface area contributed by atoms with E-state index in [2.05, 4.69) is 25.7 Å². The van der Waals surface area contributed by atoms with Gasteiger partial charge in [-0.3, -0.25) is 14.4 Å². The molecule has 2 N–H and O–H groups in total. The molecular weight excluding hydrogens is 458 g/mol. The quantitative estimate of drug-likeness (QED) is 0.561. The average molecular weight is 500 g/mol. The molecule has 4 rings (SSSR count). The van der Waals surface area contributed by atoms with Gasteiger partial charge < -0.3 is 25.0 Å². The first kappa shape index (κ1) is 26.8. The number of ether oxygens (including phenoxy) is 2. The minimum atomic E-state index is -0.639. The molecule has 0 spiro atoms. The number of likely N-dealkylation sites (tertiary alicyclic amines) is 2. The average Bonchev–Trinajstić information content (AvgIpc) is 3.42. The van der Waals surface area contributed by atoms with Gasteiger partial charge in [0.25, 0.3) is 0 Å². The summed E-state index contributed by atoms with van der Waals surface area (Å²) >= 11 is 0. The molecule has 3 aliphatic rings. The van der Waals surface area contributed by atoms with Crippen molar-refractivity contribution >= 4 is 17.6 Å². The molecule has 0 radical (unpaired) electrons. The number of nitrogens with two attached hydrogens (primary N) is 1. The molecule has 4 atom stereocenters. The van der Waals surface area contributed by atoms with E-state index in [1.54, 1.807) is 18.1 Å². The van der Waals surface area contributed by atoms with Gasteiger partial charge in [-0.25, -0.2) is 0 Å². The van der Waals surface area contributed by atoms with E-state index in [-0.39, 0.29) is 30.3 Å². The van der Waals surface area contributed by atoms with Crippen molar-refractivity contribution in [2.24, 2.45) is 11.7 Å². The number of carbonyl (C=O) groups excluding carboxylic acids is 3. The molecule has 8 heteroatoms. The van der Waals surface area contributed by atoms with Crippen LogP contribution >= 0.6 is 0 Å². The number of carbonyl (C=O) groups is 3. The van der Waals surface area contributed by atoms with Crippen molar-refractivity contribution in [2.45, 2.75) is 76.5 Å². The predicted molar refractivity (Wildman–Crippen MR) is 137 cm³/mol. The normalized spacial score (nSPS) is 26.0. The van der Waals surface area contributed by atoms with Gasteiger partial charge >= 0.3 is 0 Å². The molecular formula is C28H41N3O5. The van der Waals surface area contributed by atoms with Crippen LogP contribution in [0.15, 0.2) is 18.2 Å². The lowest BCUT2D eigenvalue weighted by Gasteiger charge is -2.33. The highest BCUT2D eigenvalue weighted by molar-refractivity contribution is 5.99. The van der Waals surface area contributed by atoms with E-state index in [0.717, 1.165) is 44.5 Å². The third kappa shape index (κ3) is 5.36. The number of hydrogen-bond acceptors (Lipinski definition) is 6. The molecule has 3 aliphatic heterocycles. The first-order chi connectivity index (χ1) is 17.2. The van der Waals surface area contributed by atoms with Gasteiger partial charge in [-0.2, -0.15) is 0 Å². The molecule has 1 aromatic rings. The molecule has 3 saturated heterocycles. The number of amides is 2. The molecule has 0 unspecified atom stereocenters. The van der Waals surface area contributed by atoms with Crippen molar-refractivity contribution < 1.29 is 23.9 Å². The van der Waals surface area contributed by atoms with Gasteiger partial charge in [-0.1, -0.05) is 32.9 Å². The van der Waals surface area contributed by atoms with Gasteiger partial charge in [0.2, 0.25) is 11.8 Å². The SMILES string of the molecule is CCCN1CCC(c2ccc(C(N)=O)c([C@H](CC(C)C)C(=O)N3C[C@H](OC)[C@H]4OCC(=O)[C@H]43)c2)CC1. The third-order valence-corrected chi connectivity index (χ3v) is 8.04. The maximum absolute atomic E-state index is 14.1. The number of methoxy groups -OCH3 is 1. The third-order valence-electron chi connectivity index (χ3n) is 8.04. The Labute approximate surface area is 214 Å². The van der Waals surface area contributed by atoms with E-state index in [1.165, 1.54) is 0 Å². The summed E-state index contributed by atoms with van der Waals surface area (Å²) in [5.41, 5.74) is 8.02. The van der Waals surface area contributed by atoms with Crippen molar-refractivity contribution in [1.82, 2.24) is 9.80 Å². The number of nitrogens with zero attached hydrogens (tertiary/aromatic N) is 2. The topological polar surface area (TPSA) is 102 Å². The van der Waals surface area contributed by atoms with E-state index in [9.17, 15) is 14.4 Å². The minimum absolute atomic E-state index is 0.00737. The van der Waals surface area contributed by atoms with Gasteiger partial charge in [0, 0.05) is 12.7 Å². The molecule has 3 fully saturated rings. The number of rotatable bonds is 9. The lowest BCUT2D eigenvalue weighted by atomic mass is 9.81. The highest BCUT2D eigenvalue weighted by atomic mass is 16.5. The highest BCUT2D eigenvalue weighted by Gasteiger charge is 2.53. The van der Waals surface area contributed by atoms with Crippen LogP contribution in [0.3, 0.4) is 0 Å². The Morgan fingerprint density at radius 2 is 1.94 bits per heavy atom. The molecule has 36 heavy (non-hydrogen) atoms. The van der Waals surface area contributed by atoms with Crippen LogP contribution in [0.5, 0.6) is 0 Å².